The van der Waals surface area contributed by atoms with Gasteiger partial charge in [0.05, 0.1) is 11.3 Å². The van der Waals surface area contributed by atoms with Gasteiger partial charge in [0.15, 0.2) is 0 Å². The van der Waals surface area contributed by atoms with E-state index in [1.807, 2.05) is 29.2 Å². The number of rotatable bonds is 3. The maximum atomic E-state index is 14.5. The number of benzene rings is 3. The maximum Gasteiger partial charge on any atom is 0.282 e. The van der Waals surface area contributed by atoms with E-state index in [1.54, 1.807) is 24.3 Å². The third-order valence-corrected chi connectivity index (χ3v) is 5.72. The van der Waals surface area contributed by atoms with E-state index < -0.39 is 23.4 Å². The first kappa shape index (κ1) is 19.2. The molecule has 2 aliphatic heterocycles. The Bertz CT molecular complexity index is 1240. The van der Waals surface area contributed by atoms with Gasteiger partial charge in [0.2, 0.25) is 0 Å². The average Bonchev–Trinajstić information content (AvgIpc) is 3.04. The molecule has 31 heavy (non-hydrogen) atoms. The third-order valence-electron chi connectivity index (χ3n) is 5.72. The Labute approximate surface area is 178 Å². The smallest absolute Gasteiger partial charge is 0.282 e. The van der Waals surface area contributed by atoms with Crippen LogP contribution >= 0.6 is 0 Å². The van der Waals surface area contributed by atoms with Gasteiger partial charge in [-0.25, -0.2) is 13.7 Å². The molecule has 0 aliphatic carbocycles. The van der Waals surface area contributed by atoms with Crippen LogP contribution in [0.25, 0.3) is 5.57 Å². The van der Waals surface area contributed by atoms with E-state index in [2.05, 4.69) is 6.07 Å². The van der Waals surface area contributed by atoms with Crippen molar-refractivity contribution in [1.82, 2.24) is 4.90 Å². The number of hydrogen-bond acceptors (Lipinski definition) is 3. The average molecular weight is 416 g/mol. The van der Waals surface area contributed by atoms with Gasteiger partial charge in [-0.05, 0) is 35.2 Å². The summed E-state index contributed by atoms with van der Waals surface area (Å²) in [6, 6.07) is 19.7. The lowest BCUT2D eigenvalue weighted by molar-refractivity contribution is -0.120. The van der Waals surface area contributed by atoms with E-state index in [-0.39, 0.29) is 17.0 Å². The van der Waals surface area contributed by atoms with Crippen molar-refractivity contribution >= 4 is 23.1 Å². The van der Waals surface area contributed by atoms with E-state index in [4.69, 9.17) is 0 Å². The van der Waals surface area contributed by atoms with Crippen LogP contribution in [-0.4, -0.2) is 23.3 Å². The fraction of sp³-hybridized carbons (Fsp3) is 0.120. The predicted molar refractivity (Wildman–Crippen MR) is 113 cm³/mol. The highest BCUT2D eigenvalue weighted by molar-refractivity contribution is 6.45. The van der Waals surface area contributed by atoms with E-state index in [9.17, 15) is 18.4 Å². The van der Waals surface area contributed by atoms with Crippen molar-refractivity contribution in [3.63, 3.8) is 0 Å². The summed E-state index contributed by atoms with van der Waals surface area (Å²) in [4.78, 5) is 29.6. The Hall–Kier alpha value is -3.80. The first-order chi connectivity index (χ1) is 15.0. The molecule has 2 amide bonds. The molecular formula is C25H18F2N2O2. The molecule has 0 spiro atoms. The second-order valence-corrected chi connectivity index (χ2v) is 7.57. The molecule has 3 aromatic carbocycles. The van der Waals surface area contributed by atoms with E-state index in [0.29, 0.717) is 24.7 Å². The topological polar surface area (TPSA) is 40.6 Å². The van der Waals surface area contributed by atoms with Crippen LogP contribution in [0.1, 0.15) is 16.7 Å². The molecule has 0 atom stereocenters. The Morgan fingerprint density at radius 1 is 0.774 bits per heavy atom. The molecule has 3 aromatic rings. The van der Waals surface area contributed by atoms with Crippen LogP contribution in [0.2, 0.25) is 0 Å². The van der Waals surface area contributed by atoms with Crippen molar-refractivity contribution in [1.29, 1.82) is 0 Å². The number of carbonyl (C=O) groups excluding carboxylic acids is 2. The third kappa shape index (κ3) is 3.20. The van der Waals surface area contributed by atoms with Crippen LogP contribution in [0.4, 0.5) is 14.5 Å². The van der Waals surface area contributed by atoms with Gasteiger partial charge in [0.25, 0.3) is 11.8 Å². The number of anilines is 1. The lowest BCUT2D eigenvalue weighted by atomic mass is 9.98. The maximum absolute atomic E-state index is 14.5. The van der Waals surface area contributed by atoms with Crippen LogP contribution in [0.5, 0.6) is 0 Å². The second-order valence-electron chi connectivity index (χ2n) is 7.57. The molecule has 0 saturated carbocycles. The summed E-state index contributed by atoms with van der Waals surface area (Å²) in [5.74, 6) is -2.95. The minimum Gasteiger partial charge on any atom is -0.362 e. The monoisotopic (exact) mass is 416 g/mol. The summed E-state index contributed by atoms with van der Waals surface area (Å²) in [5.41, 5.74) is 3.10. The zero-order chi connectivity index (χ0) is 21.5. The van der Waals surface area contributed by atoms with E-state index >= 15 is 0 Å². The molecule has 0 fully saturated rings. The van der Waals surface area contributed by atoms with Crippen LogP contribution in [0, 0.1) is 11.6 Å². The van der Waals surface area contributed by atoms with Gasteiger partial charge in [0, 0.05) is 19.2 Å². The molecule has 5 rings (SSSR count). The largest absolute Gasteiger partial charge is 0.362 e. The normalized spacial score (nSPS) is 16.2. The molecule has 0 aromatic heterocycles. The number of hydrogen-bond donors (Lipinski definition) is 0. The molecule has 154 valence electrons. The molecule has 0 bridgehead atoms. The number of nitrogens with zero attached hydrogens (tertiary/aromatic N) is 2. The molecule has 0 N–H and O–H groups in total. The molecule has 4 nitrogen and oxygen atoms in total. The number of amides is 2. The van der Waals surface area contributed by atoms with Gasteiger partial charge in [-0.2, -0.15) is 0 Å². The van der Waals surface area contributed by atoms with Crippen molar-refractivity contribution in [3.8, 4) is 0 Å². The highest BCUT2D eigenvalue weighted by Crippen LogP contribution is 2.37. The van der Waals surface area contributed by atoms with Crippen molar-refractivity contribution in [2.75, 3.05) is 11.4 Å². The molecule has 0 radical (unpaired) electrons. The predicted octanol–water partition coefficient (Wildman–Crippen LogP) is 4.31. The van der Waals surface area contributed by atoms with E-state index in [0.717, 1.165) is 29.0 Å². The van der Waals surface area contributed by atoms with Gasteiger partial charge in [-0.1, -0.05) is 54.6 Å². The Kier molecular flexibility index (Phi) is 4.62. The molecule has 0 unspecified atom stereocenters. The summed E-state index contributed by atoms with van der Waals surface area (Å²) < 4.78 is 28.0. The van der Waals surface area contributed by atoms with Crippen LogP contribution < -0.4 is 4.90 Å². The van der Waals surface area contributed by atoms with Crippen molar-refractivity contribution < 1.29 is 18.4 Å². The lowest BCUT2D eigenvalue weighted by Crippen LogP contribution is -2.37. The Morgan fingerprint density at radius 3 is 2.23 bits per heavy atom. The standard InChI is InChI=1S/C25H18F2N2O2/c26-19-10-11-21(20(27)14-19)29-24(30)22(17-7-2-1-3-8-17)23(25(29)31)28-13-12-16-6-4-5-9-18(16)15-28/h1-11,14H,12-13,15H2. The van der Waals surface area contributed by atoms with Crippen LogP contribution in [0.15, 0.2) is 78.5 Å². The summed E-state index contributed by atoms with van der Waals surface area (Å²) in [5, 5.41) is 0. The Balaban J connectivity index is 1.63. The van der Waals surface area contributed by atoms with Gasteiger partial charge in [-0.15, -0.1) is 0 Å². The van der Waals surface area contributed by atoms with Gasteiger partial charge in [-0.3, -0.25) is 9.59 Å². The minimum absolute atomic E-state index is 0.230. The van der Waals surface area contributed by atoms with Crippen LogP contribution in [-0.2, 0) is 22.6 Å². The first-order valence-corrected chi connectivity index (χ1v) is 10.00. The summed E-state index contributed by atoms with van der Waals surface area (Å²) in [6.07, 6.45) is 0.730. The molecule has 6 heteroatoms. The summed E-state index contributed by atoms with van der Waals surface area (Å²) >= 11 is 0. The highest BCUT2D eigenvalue weighted by atomic mass is 19.1. The summed E-state index contributed by atoms with van der Waals surface area (Å²) in [7, 11) is 0. The van der Waals surface area contributed by atoms with E-state index in [1.165, 1.54) is 5.56 Å². The molecular weight excluding hydrogens is 398 g/mol. The van der Waals surface area contributed by atoms with Crippen molar-refractivity contribution in [2.24, 2.45) is 0 Å². The second kappa shape index (κ2) is 7.47. The van der Waals surface area contributed by atoms with Crippen molar-refractivity contribution in [2.45, 2.75) is 13.0 Å². The number of imide groups is 1. The zero-order valence-electron chi connectivity index (χ0n) is 16.5. The minimum atomic E-state index is -0.959. The molecule has 2 heterocycles. The van der Waals surface area contributed by atoms with Crippen molar-refractivity contribution in [3.05, 3.63) is 107 Å². The molecule has 0 saturated heterocycles. The highest BCUT2D eigenvalue weighted by Gasteiger charge is 2.43. The first-order valence-electron chi connectivity index (χ1n) is 10.00. The SMILES string of the molecule is O=C1C(c2ccccc2)=C(N2CCc3ccccc3C2)C(=O)N1c1ccc(F)cc1F. The number of fused-ring (bicyclic) bond motifs is 1. The van der Waals surface area contributed by atoms with Gasteiger partial charge >= 0.3 is 0 Å². The Morgan fingerprint density at radius 2 is 1.48 bits per heavy atom. The van der Waals surface area contributed by atoms with Gasteiger partial charge in [0.1, 0.15) is 17.3 Å². The van der Waals surface area contributed by atoms with Crippen LogP contribution in [0.3, 0.4) is 0 Å². The van der Waals surface area contributed by atoms with Gasteiger partial charge < -0.3 is 4.90 Å². The zero-order valence-corrected chi connectivity index (χ0v) is 16.5. The fourth-order valence-corrected chi connectivity index (χ4v) is 4.24. The quantitative estimate of drug-likeness (QED) is 0.598. The fourth-order valence-electron chi connectivity index (χ4n) is 4.24. The lowest BCUT2D eigenvalue weighted by Gasteiger charge is -2.31. The number of halogens is 2. The summed E-state index contributed by atoms with van der Waals surface area (Å²) in [6.45, 7) is 1.03. The molecule has 2 aliphatic rings. The number of carbonyl (C=O) groups is 2.